The first-order valence-electron chi connectivity index (χ1n) is 5.38. The zero-order valence-corrected chi connectivity index (χ0v) is 8.93. The molecule has 1 saturated carbocycles. The van der Waals surface area contributed by atoms with Crippen LogP contribution in [0.15, 0.2) is 24.3 Å². The standard InChI is InChI=1S/C12H14OS/c13-11-12(7-2-1-3-8-12)9-5-4-6-10(9)14-11/h1-3,7,9-10H,4-6,8H2/t9-,10+,12-/m1/s1. The van der Waals surface area contributed by atoms with Gasteiger partial charge in [-0.15, -0.1) is 0 Å². The summed E-state index contributed by atoms with van der Waals surface area (Å²) in [5, 5.41) is 1.05. The molecular formula is C12H14OS. The average Bonchev–Trinajstić information content (AvgIpc) is 2.74. The van der Waals surface area contributed by atoms with Crippen molar-refractivity contribution in [2.24, 2.45) is 11.3 Å². The minimum Gasteiger partial charge on any atom is -0.286 e. The third-order valence-corrected chi connectivity index (χ3v) is 5.31. The van der Waals surface area contributed by atoms with Crippen LogP contribution in [-0.4, -0.2) is 10.4 Å². The summed E-state index contributed by atoms with van der Waals surface area (Å²) in [4.78, 5) is 12.0. The van der Waals surface area contributed by atoms with Crippen molar-refractivity contribution in [3.63, 3.8) is 0 Å². The Labute approximate surface area is 88.6 Å². The lowest BCUT2D eigenvalue weighted by Crippen LogP contribution is -2.31. The van der Waals surface area contributed by atoms with Gasteiger partial charge in [-0.05, 0) is 25.2 Å². The van der Waals surface area contributed by atoms with E-state index in [1.165, 1.54) is 19.3 Å². The number of rotatable bonds is 0. The summed E-state index contributed by atoms with van der Waals surface area (Å²) in [5.41, 5.74) is -0.111. The zero-order chi connectivity index (χ0) is 9.60. The minimum absolute atomic E-state index is 0.111. The summed E-state index contributed by atoms with van der Waals surface area (Å²) in [6.07, 6.45) is 13.2. The van der Waals surface area contributed by atoms with Gasteiger partial charge in [0, 0.05) is 5.25 Å². The summed E-state index contributed by atoms with van der Waals surface area (Å²) in [5.74, 6) is 0.626. The van der Waals surface area contributed by atoms with Crippen molar-refractivity contribution in [1.82, 2.24) is 0 Å². The molecule has 2 heteroatoms. The fourth-order valence-corrected chi connectivity index (χ4v) is 4.74. The molecule has 1 aliphatic heterocycles. The van der Waals surface area contributed by atoms with Gasteiger partial charge in [0.15, 0.2) is 5.12 Å². The second-order valence-electron chi connectivity index (χ2n) is 4.51. The molecule has 0 unspecified atom stereocenters. The number of hydrogen-bond donors (Lipinski definition) is 0. The van der Waals surface area contributed by atoms with Crippen LogP contribution in [-0.2, 0) is 4.79 Å². The normalized spacial score (nSPS) is 45.0. The second kappa shape index (κ2) is 2.99. The monoisotopic (exact) mass is 206 g/mol. The molecule has 0 amide bonds. The van der Waals surface area contributed by atoms with Crippen LogP contribution in [0.2, 0.25) is 0 Å². The molecule has 0 N–H and O–H groups in total. The van der Waals surface area contributed by atoms with E-state index in [0.717, 1.165) is 6.42 Å². The minimum atomic E-state index is -0.111. The van der Waals surface area contributed by atoms with Crippen molar-refractivity contribution in [2.75, 3.05) is 0 Å². The lowest BCUT2D eigenvalue weighted by molar-refractivity contribution is -0.118. The van der Waals surface area contributed by atoms with Gasteiger partial charge in [0.2, 0.25) is 0 Å². The number of allylic oxidation sites excluding steroid dienone is 4. The van der Waals surface area contributed by atoms with E-state index in [9.17, 15) is 4.79 Å². The molecule has 2 aliphatic carbocycles. The Morgan fingerprint density at radius 2 is 2.29 bits per heavy atom. The Hall–Kier alpha value is -0.500. The number of hydrogen-bond acceptors (Lipinski definition) is 2. The summed E-state index contributed by atoms with van der Waals surface area (Å²) in [6.45, 7) is 0. The average molecular weight is 206 g/mol. The topological polar surface area (TPSA) is 17.1 Å². The van der Waals surface area contributed by atoms with E-state index in [2.05, 4.69) is 24.3 Å². The molecule has 3 rings (SSSR count). The Morgan fingerprint density at radius 3 is 3.07 bits per heavy atom. The van der Waals surface area contributed by atoms with Crippen molar-refractivity contribution in [2.45, 2.75) is 30.9 Å². The molecule has 1 nitrogen and oxygen atoms in total. The van der Waals surface area contributed by atoms with E-state index in [1.54, 1.807) is 11.8 Å². The first-order chi connectivity index (χ1) is 6.83. The molecule has 74 valence electrons. The fraction of sp³-hybridized carbons (Fsp3) is 0.583. The van der Waals surface area contributed by atoms with E-state index in [4.69, 9.17) is 0 Å². The quantitative estimate of drug-likeness (QED) is 0.606. The number of thioether (sulfide) groups is 1. The van der Waals surface area contributed by atoms with Crippen LogP contribution in [0.5, 0.6) is 0 Å². The third kappa shape index (κ3) is 1.01. The molecule has 1 heterocycles. The van der Waals surface area contributed by atoms with Crippen molar-refractivity contribution >= 4 is 16.9 Å². The number of carbonyl (C=O) groups is 1. The van der Waals surface area contributed by atoms with Crippen molar-refractivity contribution in [1.29, 1.82) is 0 Å². The molecule has 0 radical (unpaired) electrons. The van der Waals surface area contributed by atoms with Crippen LogP contribution >= 0.6 is 11.8 Å². The molecule has 0 aromatic carbocycles. The fourth-order valence-electron chi connectivity index (χ4n) is 3.12. The van der Waals surface area contributed by atoms with E-state index >= 15 is 0 Å². The van der Waals surface area contributed by atoms with Crippen LogP contribution < -0.4 is 0 Å². The summed E-state index contributed by atoms with van der Waals surface area (Å²) in [7, 11) is 0. The SMILES string of the molecule is O=C1S[C@H]2CCC[C@H]2[C@]12C=CC=CC2. The van der Waals surface area contributed by atoms with Crippen molar-refractivity contribution in [3.05, 3.63) is 24.3 Å². The maximum Gasteiger partial charge on any atom is 0.199 e. The van der Waals surface area contributed by atoms with Gasteiger partial charge in [0.25, 0.3) is 0 Å². The van der Waals surface area contributed by atoms with E-state index in [-0.39, 0.29) is 5.41 Å². The lowest BCUT2D eigenvalue weighted by atomic mass is 9.71. The summed E-state index contributed by atoms with van der Waals surface area (Å²) >= 11 is 1.62. The van der Waals surface area contributed by atoms with E-state index in [1.807, 2.05) is 0 Å². The molecule has 14 heavy (non-hydrogen) atoms. The van der Waals surface area contributed by atoms with Gasteiger partial charge >= 0.3 is 0 Å². The predicted octanol–water partition coefficient (Wildman–Crippen LogP) is 2.93. The number of carbonyl (C=O) groups excluding carboxylic acids is 1. The molecule has 1 spiro atoms. The highest BCUT2D eigenvalue weighted by molar-refractivity contribution is 8.14. The smallest absolute Gasteiger partial charge is 0.199 e. The molecule has 0 aromatic heterocycles. The van der Waals surface area contributed by atoms with Gasteiger partial charge in [0.1, 0.15) is 0 Å². The Balaban J connectivity index is 2.00. The Kier molecular flexibility index (Phi) is 1.88. The Morgan fingerprint density at radius 1 is 1.36 bits per heavy atom. The first kappa shape index (κ1) is 8.78. The third-order valence-electron chi connectivity index (χ3n) is 3.85. The van der Waals surface area contributed by atoms with Gasteiger partial charge in [-0.25, -0.2) is 0 Å². The van der Waals surface area contributed by atoms with Gasteiger partial charge in [-0.1, -0.05) is 42.5 Å². The van der Waals surface area contributed by atoms with Gasteiger partial charge in [-0.3, -0.25) is 4.79 Å². The van der Waals surface area contributed by atoms with Crippen molar-refractivity contribution in [3.8, 4) is 0 Å². The molecule has 1 saturated heterocycles. The van der Waals surface area contributed by atoms with Crippen LogP contribution in [0.1, 0.15) is 25.7 Å². The van der Waals surface area contributed by atoms with Crippen molar-refractivity contribution < 1.29 is 4.79 Å². The highest BCUT2D eigenvalue weighted by atomic mass is 32.2. The number of fused-ring (bicyclic) bond motifs is 2. The largest absolute Gasteiger partial charge is 0.286 e. The first-order valence-corrected chi connectivity index (χ1v) is 6.26. The van der Waals surface area contributed by atoms with Crippen LogP contribution in [0, 0.1) is 11.3 Å². The van der Waals surface area contributed by atoms with E-state index < -0.39 is 0 Å². The summed E-state index contributed by atoms with van der Waals surface area (Å²) in [6, 6.07) is 0. The molecular weight excluding hydrogens is 192 g/mol. The molecule has 0 aromatic rings. The van der Waals surface area contributed by atoms with Gasteiger partial charge < -0.3 is 0 Å². The van der Waals surface area contributed by atoms with Crippen LogP contribution in [0.25, 0.3) is 0 Å². The molecule has 2 fully saturated rings. The molecule has 0 bridgehead atoms. The summed E-state index contributed by atoms with van der Waals surface area (Å²) < 4.78 is 0. The van der Waals surface area contributed by atoms with Gasteiger partial charge in [-0.2, -0.15) is 0 Å². The van der Waals surface area contributed by atoms with Gasteiger partial charge in [0.05, 0.1) is 5.41 Å². The highest BCUT2D eigenvalue weighted by Crippen LogP contribution is 2.57. The maximum atomic E-state index is 12.0. The van der Waals surface area contributed by atoms with Crippen LogP contribution in [0.3, 0.4) is 0 Å². The lowest BCUT2D eigenvalue weighted by Gasteiger charge is -2.29. The van der Waals surface area contributed by atoms with E-state index in [0.29, 0.717) is 16.3 Å². The molecule has 3 aliphatic rings. The second-order valence-corrected chi connectivity index (χ2v) is 5.72. The predicted molar refractivity (Wildman–Crippen MR) is 59.1 cm³/mol. The zero-order valence-electron chi connectivity index (χ0n) is 8.11. The van der Waals surface area contributed by atoms with Crippen LogP contribution in [0.4, 0.5) is 0 Å². The highest BCUT2D eigenvalue weighted by Gasteiger charge is 2.54. The Bertz CT molecular complexity index is 331. The maximum absolute atomic E-state index is 12.0. The molecule has 3 atom stereocenters.